The summed E-state index contributed by atoms with van der Waals surface area (Å²) in [5.41, 5.74) is -0.674. The molecule has 1 aliphatic carbocycles. The topological polar surface area (TPSA) is 292 Å². The molecule has 0 atom stereocenters. The summed E-state index contributed by atoms with van der Waals surface area (Å²) in [6.07, 6.45) is 0. The highest BCUT2D eigenvalue weighted by Crippen LogP contribution is 2.57. The summed E-state index contributed by atoms with van der Waals surface area (Å²) < 4.78 is 135. The van der Waals surface area contributed by atoms with Crippen LogP contribution in [-0.2, 0) is 45.9 Å². The fourth-order valence-electron chi connectivity index (χ4n) is 7.15. The van der Waals surface area contributed by atoms with E-state index in [-0.39, 0.29) is 22.6 Å². The third-order valence-electron chi connectivity index (χ3n) is 9.74. The first-order chi connectivity index (χ1) is 27.4. The van der Waals surface area contributed by atoms with Gasteiger partial charge in [0.25, 0.3) is 40.5 Å². The Labute approximate surface area is 335 Å². The number of ketones is 2. The molecule has 59 heavy (non-hydrogen) atoms. The Kier molecular flexibility index (Phi) is 9.77. The van der Waals surface area contributed by atoms with Crippen LogP contribution in [0.5, 0.6) is 11.5 Å². The fraction of sp³-hybridized carbons (Fsp3) is 0.0256. The largest absolute Gasteiger partial charge is 0.508 e. The Morgan fingerprint density at radius 2 is 0.661 bits per heavy atom. The van der Waals surface area contributed by atoms with Gasteiger partial charge >= 0.3 is 0 Å². The van der Waals surface area contributed by atoms with Gasteiger partial charge < -0.3 is 10.2 Å². The van der Waals surface area contributed by atoms with Gasteiger partial charge in [0.2, 0.25) is 0 Å². The average Bonchev–Trinajstić information content (AvgIpc) is 3.45. The minimum atomic E-state index is -5.10. The molecule has 0 fully saturated rings. The van der Waals surface area contributed by atoms with Crippen molar-refractivity contribution in [2.24, 2.45) is 0 Å². The van der Waals surface area contributed by atoms with Crippen LogP contribution < -0.4 is 0 Å². The molecule has 20 heteroatoms. The summed E-state index contributed by atoms with van der Waals surface area (Å²) in [5.74, 6) is -2.23. The SMILES string of the molecule is O=C(c1cc(S(=O)(=O)O)cc(S(=O)(=O)O)c1)c1ccc2c(c1)C(c1ccc(O)cc1)(c1ccc(O)cc1)c1cc(C(=O)c3cc(S(=O)(=O)O)cc(S(=O)(=O)O)c3)ccc1-2. The zero-order valence-electron chi connectivity index (χ0n) is 29.4. The Morgan fingerprint density at radius 3 is 0.932 bits per heavy atom. The van der Waals surface area contributed by atoms with E-state index in [2.05, 4.69) is 0 Å². The Balaban J connectivity index is 1.51. The zero-order valence-corrected chi connectivity index (χ0v) is 32.7. The van der Waals surface area contributed by atoms with Gasteiger partial charge in [-0.15, -0.1) is 0 Å². The molecule has 0 saturated carbocycles. The molecule has 6 aromatic carbocycles. The summed E-state index contributed by atoms with van der Waals surface area (Å²) in [6.45, 7) is 0. The number of fused-ring (bicyclic) bond motifs is 3. The predicted octanol–water partition coefficient (Wildman–Crippen LogP) is 4.91. The van der Waals surface area contributed by atoms with E-state index >= 15 is 0 Å². The van der Waals surface area contributed by atoms with Gasteiger partial charge in [-0.2, -0.15) is 33.7 Å². The average molecular weight is 879 g/mol. The van der Waals surface area contributed by atoms with E-state index in [0.717, 1.165) is 0 Å². The van der Waals surface area contributed by atoms with E-state index < -0.39 is 88.2 Å². The van der Waals surface area contributed by atoms with Crippen molar-refractivity contribution in [3.05, 3.63) is 166 Å². The quantitative estimate of drug-likeness (QED) is 0.0786. The molecule has 0 bridgehead atoms. The molecule has 302 valence electrons. The van der Waals surface area contributed by atoms with Gasteiger partial charge in [0.15, 0.2) is 11.6 Å². The Hall–Kier alpha value is -6.10. The number of phenols is 2. The highest BCUT2D eigenvalue weighted by molar-refractivity contribution is 7.87. The monoisotopic (exact) mass is 878 g/mol. The van der Waals surface area contributed by atoms with Crippen LogP contribution in [0.3, 0.4) is 0 Å². The molecular formula is C39H26O16S4. The highest BCUT2D eigenvalue weighted by atomic mass is 32.2. The number of phenolic OH excluding ortho intramolecular Hbond substituents is 2. The molecule has 0 spiro atoms. The molecule has 0 heterocycles. The third-order valence-corrected chi connectivity index (χ3v) is 13.1. The van der Waals surface area contributed by atoms with E-state index in [1.54, 1.807) is 0 Å². The zero-order chi connectivity index (χ0) is 43.0. The number of hydrogen-bond acceptors (Lipinski definition) is 12. The van der Waals surface area contributed by atoms with Crippen LogP contribution in [0.2, 0.25) is 0 Å². The van der Waals surface area contributed by atoms with E-state index in [1.165, 1.54) is 84.9 Å². The van der Waals surface area contributed by atoms with Crippen LogP contribution in [0.25, 0.3) is 11.1 Å². The van der Waals surface area contributed by atoms with E-state index in [4.69, 9.17) is 0 Å². The molecule has 0 radical (unpaired) electrons. The van der Waals surface area contributed by atoms with Crippen molar-refractivity contribution in [2.45, 2.75) is 25.0 Å². The second-order valence-electron chi connectivity index (χ2n) is 13.3. The summed E-state index contributed by atoms with van der Waals surface area (Å²) in [5, 5.41) is 20.6. The number of benzene rings is 6. The lowest BCUT2D eigenvalue weighted by Crippen LogP contribution is -2.29. The number of aromatic hydroxyl groups is 2. The lowest BCUT2D eigenvalue weighted by atomic mass is 9.67. The second-order valence-corrected chi connectivity index (χ2v) is 19.0. The fourth-order valence-corrected chi connectivity index (χ4v) is 9.51. The van der Waals surface area contributed by atoms with Crippen LogP contribution in [0.1, 0.15) is 54.1 Å². The van der Waals surface area contributed by atoms with Gasteiger partial charge in [-0.1, -0.05) is 48.5 Å². The van der Waals surface area contributed by atoms with Gasteiger partial charge in [-0.25, -0.2) is 0 Å². The summed E-state index contributed by atoms with van der Waals surface area (Å²) >= 11 is 0. The molecule has 0 aliphatic heterocycles. The van der Waals surface area contributed by atoms with E-state index in [1.807, 2.05) is 0 Å². The van der Waals surface area contributed by atoms with Crippen molar-refractivity contribution in [3.8, 4) is 22.6 Å². The van der Waals surface area contributed by atoms with Gasteiger partial charge in [0.05, 0.1) is 25.0 Å². The predicted molar refractivity (Wildman–Crippen MR) is 206 cm³/mol. The molecule has 0 saturated heterocycles. The third kappa shape index (κ3) is 7.43. The molecule has 1 aliphatic rings. The van der Waals surface area contributed by atoms with Crippen LogP contribution in [0, 0.1) is 0 Å². The summed E-state index contributed by atoms with van der Waals surface area (Å²) in [7, 11) is -20.4. The number of carbonyl (C=O) groups excluding carboxylic acids is 2. The first-order valence-corrected chi connectivity index (χ1v) is 22.3. The number of rotatable bonds is 10. The molecule has 16 nitrogen and oxygen atoms in total. The molecule has 0 aromatic heterocycles. The van der Waals surface area contributed by atoms with Crippen molar-refractivity contribution in [3.63, 3.8) is 0 Å². The maximum atomic E-state index is 14.2. The van der Waals surface area contributed by atoms with Crippen molar-refractivity contribution >= 4 is 52.0 Å². The maximum absolute atomic E-state index is 14.2. The smallest absolute Gasteiger partial charge is 0.294 e. The Morgan fingerprint density at radius 1 is 0.373 bits per heavy atom. The molecule has 6 aromatic rings. The van der Waals surface area contributed by atoms with Crippen molar-refractivity contribution in [1.29, 1.82) is 0 Å². The molecular weight excluding hydrogens is 853 g/mol. The van der Waals surface area contributed by atoms with Crippen molar-refractivity contribution in [1.82, 2.24) is 0 Å². The van der Waals surface area contributed by atoms with Gasteiger partial charge in [-0.3, -0.25) is 27.8 Å². The van der Waals surface area contributed by atoms with Crippen molar-refractivity contribution < 1.29 is 71.7 Å². The van der Waals surface area contributed by atoms with E-state index in [0.29, 0.717) is 69.8 Å². The molecule has 7 rings (SSSR count). The minimum absolute atomic E-state index is 0.150. The van der Waals surface area contributed by atoms with Gasteiger partial charge in [0.1, 0.15) is 11.5 Å². The standard InChI is InChI=1S/C39H26O16S4/c40-27-7-3-25(4-8-27)39(26-5-9-28(41)10-6-26)35-17-21(37(42)23-13-29(56(44,45)46)19-30(14-23)57(47,48)49)1-11-33(35)34-12-2-22(18-36(34)39)38(43)24-15-31(58(50,51)52)20-32(16-24)59(53,54)55/h1-20,40-41H,(H,44,45,46)(H,47,48,49)(H,50,51,52)(H,53,54,55). The Bertz CT molecular complexity index is 2930. The summed E-state index contributed by atoms with van der Waals surface area (Å²) in [6, 6.07) is 23.8. The van der Waals surface area contributed by atoms with Gasteiger partial charge in [0, 0.05) is 22.3 Å². The number of carbonyl (C=O) groups is 2. The second kappa shape index (κ2) is 14.0. The first kappa shape index (κ1) is 41.1. The van der Waals surface area contributed by atoms with Crippen LogP contribution in [-0.4, -0.2) is 73.7 Å². The lowest BCUT2D eigenvalue weighted by Gasteiger charge is -2.34. The van der Waals surface area contributed by atoms with Crippen LogP contribution in [0.4, 0.5) is 0 Å². The van der Waals surface area contributed by atoms with Crippen LogP contribution >= 0.6 is 0 Å². The molecule has 0 amide bonds. The molecule has 6 N–H and O–H groups in total. The maximum Gasteiger partial charge on any atom is 0.294 e. The van der Waals surface area contributed by atoms with Gasteiger partial charge in [-0.05, 0) is 106 Å². The first-order valence-electron chi connectivity index (χ1n) is 16.6. The minimum Gasteiger partial charge on any atom is -0.508 e. The van der Waals surface area contributed by atoms with Crippen molar-refractivity contribution in [2.75, 3.05) is 0 Å². The number of hydrogen-bond donors (Lipinski definition) is 6. The highest BCUT2D eigenvalue weighted by Gasteiger charge is 2.47. The van der Waals surface area contributed by atoms with E-state index in [9.17, 15) is 71.7 Å². The van der Waals surface area contributed by atoms with Crippen LogP contribution in [0.15, 0.2) is 141 Å². The molecule has 0 unspecified atom stereocenters. The summed E-state index contributed by atoms with van der Waals surface area (Å²) in [4.78, 5) is 24.3. The normalized spacial score (nSPS) is 13.7. The lowest BCUT2D eigenvalue weighted by molar-refractivity contribution is 0.103.